The Morgan fingerprint density at radius 1 is 1.15 bits per heavy atom. The minimum atomic E-state index is -0.00284. The van der Waals surface area contributed by atoms with Gasteiger partial charge in [0, 0.05) is 6.04 Å². The molecule has 1 heterocycles. The average molecular weight is 499 g/mol. The fourth-order valence-electron chi connectivity index (χ4n) is 3.97. The van der Waals surface area contributed by atoms with Crippen LogP contribution in [0.3, 0.4) is 0 Å². The summed E-state index contributed by atoms with van der Waals surface area (Å²) in [7, 11) is 1.65. The summed E-state index contributed by atoms with van der Waals surface area (Å²) >= 11 is 7.62. The van der Waals surface area contributed by atoms with Gasteiger partial charge in [0.05, 0.1) is 23.9 Å². The quantitative estimate of drug-likeness (QED) is 0.365. The van der Waals surface area contributed by atoms with Gasteiger partial charge in [0.1, 0.15) is 18.1 Å². The molecule has 0 aliphatic heterocycles. The highest BCUT2D eigenvalue weighted by atomic mass is 35.5. The van der Waals surface area contributed by atoms with Gasteiger partial charge < -0.3 is 14.8 Å². The molecule has 1 N–H and O–H groups in total. The van der Waals surface area contributed by atoms with Crippen LogP contribution in [-0.4, -0.2) is 33.5 Å². The number of nitrogens with one attached hydrogen (secondary N) is 1. The maximum atomic E-state index is 12.9. The Morgan fingerprint density at radius 3 is 2.59 bits per heavy atom. The number of carbonyl (C=O) groups is 1. The molecule has 1 amide bonds. The topological polar surface area (TPSA) is 78.3 Å². The minimum Gasteiger partial charge on any atom is -0.497 e. The van der Waals surface area contributed by atoms with Gasteiger partial charge in [0.25, 0.3) is 0 Å². The van der Waals surface area contributed by atoms with Crippen LogP contribution in [0, 0.1) is 5.92 Å². The number of halogens is 1. The highest BCUT2D eigenvalue weighted by Crippen LogP contribution is 2.42. The lowest BCUT2D eigenvalue weighted by molar-refractivity contribution is -0.119. The van der Waals surface area contributed by atoms with Crippen molar-refractivity contribution in [2.24, 2.45) is 5.92 Å². The van der Waals surface area contributed by atoms with Gasteiger partial charge in [-0.15, -0.1) is 10.2 Å². The van der Waals surface area contributed by atoms with Crippen molar-refractivity contribution in [3.8, 4) is 11.5 Å². The van der Waals surface area contributed by atoms with E-state index in [1.807, 2.05) is 42.5 Å². The molecule has 5 rings (SSSR count). The maximum Gasteiger partial charge on any atom is 0.230 e. The molecule has 34 heavy (non-hydrogen) atoms. The first kappa shape index (κ1) is 23.1. The third kappa shape index (κ3) is 5.50. The predicted octanol–water partition coefficient (Wildman–Crippen LogP) is 5.21. The molecule has 1 atom stereocenters. The molecule has 2 saturated carbocycles. The Balaban J connectivity index is 1.21. The van der Waals surface area contributed by atoms with Crippen molar-refractivity contribution >= 4 is 29.3 Å². The lowest BCUT2D eigenvalue weighted by atomic mass is 10.0. The molecular weight excluding hydrogens is 472 g/mol. The average Bonchev–Trinajstić information content (AvgIpc) is 3.79. The third-order valence-corrected chi connectivity index (χ3v) is 7.31. The number of para-hydroxylation sites is 1. The number of thioether (sulfide) groups is 1. The fraction of sp³-hybridized carbons (Fsp3) is 0.400. The van der Waals surface area contributed by atoms with Gasteiger partial charge in [-0.25, -0.2) is 0 Å². The van der Waals surface area contributed by atoms with Crippen LogP contribution in [0.1, 0.15) is 49.2 Å². The number of ether oxygens (including phenoxy) is 2. The largest absolute Gasteiger partial charge is 0.497 e. The number of aromatic nitrogens is 3. The second-order valence-corrected chi connectivity index (χ2v) is 10.0. The van der Waals surface area contributed by atoms with Crippen LogP contribution in [0.25, 0.3) is 0 Å². The predicted molar refractivity (Wildman–Crippen MR) is 131 cm³/mol. The zero-order valence-corrected chi connectivity index (χ0v) is 20.5. The molecular formula is C25H27ClN4O3S. The second kappa shape index (κ2) is 10.3. The zero-order valence-electron chi connectivity index (χ0n) is 18.9. The Hall–Kier alpha value is -2.71. The van der Waals surface area contributed by atoms with Crippen molar-refractivity contribution in [2.75, 3.05) is 12.9 Å². The molecule has 2 aromatic carbocycles. The summed E-state index contributed by atoms with van der Waals surface area (Å²) in [5.41, 5.74) is 1.11. The van der Waals surface area contributed by atoms with Crippen molar-refractivity contribution in [1.29, 1.82) is 0 Å². The molecule has 2 fully saturated rings. The Morgan fingerprint density at radius 2 is 1.91 bits per heavy atom. The van der Waals surface area contributed by atoms with Gasteiger partial charge in [-0.3, -0.25) is 9.36 Å². The van der Waals surface area contributed by atoms with Crippen molar-refractivity contribution in [3.63, 3.8) is 0 Å². The summed E-state index contributed by atoms with van der Waals surface area (Å²) in [4.78, 5) is 12.9. The van der Waals surface area contributed by atoms with Crippen LogP contribution in [0.2, 0.25) is 5.02 Å². The van der Waals surface area contributed by atoms with Gasteiger partial charge in [-0.1, -0.05) is 47.6 Å². The van der Waals surface area contributed by atoms with Crippen LogP contribution in [0.15, 0.2) is 53.7 Å². The van der Waals surface area contributed by atoms with Gasteiger partial charge in [-0.2, -0.15) is 0 Å². The number of methoxy groups -OCH3 is 1. The fourth-order valence-corrected chi connectivity index (χ4v) is 4.99. The SMILES string of the molecule is COc1ccc(C(NC(=O)CSc2nnc(COc3ccccc3Cl)n2C2CC2)C2CC2)cc1. The molecule has 7 nitrogen and oxygen atoms in total. The molecule has 0 radical (unpaired) electrons. The molecule has 3 aromatic rings. The molecule has 1 aromatic heterocycles. The van der Waals surface area contributed by atoms with Gasteiger partial charge >= 0.3 is 0 Å². The van der Waals surface area contributed by atoms with E-state index in [0.29, 0.717) is 22.7 Å². The standard InChI is InChI=1S/C25H27ClN4O3S/c1-32-19-12-8-17(9-13-19)24(16-6-7-16)27-23(31)15-34-25-29-28-22(30(25)18-10-11-18)14-33-21-5-3-2-4-20(21)26/h2-5,8-9,12-13,16,18,24H,6-7,10-11,14-15H2,1H3,(H,27,31). The van der Waals surface area contributed by atoms with E-state index in [2.05, 4.69) is 20.1 Å². The first-order valence-corrected chi connectivity index (χ1v) is 12.9. The van der Waals surface area contributed by atoms with Crippen LogP contribution < -0.4 is 14.8 Å². The summed E-state index contributed by atoms with van der Waals surface area (Å²) in [6, 6.07) is 15.7. The molecule has 9 heteroatoms. The number of amides is 1. The maximum absolute atomic E-state index is 12.9. The van der Waals surface area contributed by atoms with E-state index in [1.54, 1.807) is 13.2 Å². The highest BCUT2D eigenvalue weighted by molar-refractivity contribution is 7.99. The number of hydrogen-bond acceptors (Lipinski definition) is 6. The van der Waals surface area contributed by atoms with Crippen molar-refractivity contribution in [2.45, 2.75) is 49.5 Å². The molecule has 1 unspecified atom stereocenters. The van der Waals surface area contributed by atoms with E-state index < -0.39 is 0 Å². The van der Waals surface area contributed by atoms with E-state index >= 15 is 0 Å². The van der Waals surface area contributed by atoms with E-state index in [-0.39, 0.29) is 24.3 Å². The molecule has 2 aliphatic carbocycles. The molecule has 0 spiro atoms. The van der Waals surface area contributed by atoms with Crippen LogP contribution in [0.5, 0.6) is 11.5 Å². The Kier molecular flexibility index (Phi) is 6.97. The summed E-state index contributed by atoms with van der Waals surface area (Å²) in [5.74, 6) is 2.96. The highest BCUT2D eigenvalue weighted by Gasteiger charge is 2.34. The molecule has 0 bridgehead atoms. The third-order valence-electron chi connectivity index (χ3n) is 6.06. The first-order chi connectivity index (χ1) is 16.6. The molecule has 178 valence electrons. The number of benzene rings is 2. The van der Waals surface area contributed by atoms with Gasteiger partial charge in [0.2, 0.25) is 5.91 Å². The van der Waals surface area contributed by atoms with Crippen molar-refractivity contribution < 1.29 is 14.3 Å². The molecule has 0 saturated heterocycles. The van der Waals surface area contributed by atoms with Crippen LogP contribution in [-0.2, 0) is 11.4 Å². The summed E-state index contributed by atoms with van der Waals surface area (Å²) in [6.45, 7) is 0.279. The van der Waals surface area contributed by atoms with Gasteiger partial charge in [0.15, 0.2) is 11.0 Å². The van der Waals surface area contributed by atoms with E-state index in [1.165, 1.54) is 11.8 Å². The summed E-state index contributed by atoms with van der Waals surface area (Å²) in [5, 5.41) is 13.2. The number of nitrogens with zero attached hydrogens (tertiary/aromatic N) is 3. The zero-order chi connectivity index (χ0) is 23.5. The van der Waals surface area contributed by atoms with Crippen LogP contribution >= 0.6 is 23.4 Å². The van der Waals surface area contributed by atoms with Crippen LogP contribution in [0.4, 0.5) is 0 Å². The smallest absolute Gasteiger partial charge is 0.230 e. The first-order valence-electron chi connectivity index (χ1n) is 11.5. The Labute approximate surface area is 208 Å². The molecule has 2 aliphatic rings. The van der Waals surface area contributed by atoms with E-state index in [9.17, 15) is 4.79 Å². The van der Waals surface area contributed by atoms with Gasteiger partial charge in [-0.05, 0) is 61.4 Å². The monoisotopic (exact) mass is 498 g/mol. The second-order valence-electron chi connectivity index (χ2n) is 8.66. The normalized spacial score (nSPS) is 16.2. The summed E-state index contributed by atoms with van der Waals surface area (Å²) < 4.78 is 13.2. The number of rotatable bonds is 11. The lowest BCUT2D eigenvalue weighted by Crippen LogP contribution is -2.31. The van der Waals surface area contributed by atoms with E-state index in [4.69, 9.17) is 21.1 Å². The van der Waals surface area contributed by atoms with Crippen molar-refractivity contribution in [1.82, 2.24) is 20.1 Å². The van der Waals surface area contributed by atoms with E-state index in [0.717, 1.165) is 48.0 Å². The lowest BCUT2D eigenvalue weighted by Gasteiger charge is -2.19. The van der Waals surface area contributed by atoms with Crippen molar-refractivity contribution in [3.05, 3.63) is 64.9 Å². The summed E-state index contributed by atoms with van der Waals surface area (Å²) in [6.07, 6.45) is 4.43. The number of carbonyl (C=O) groups excluding carboxylic acids is 1. The Bertz CT molecular complexity index is 1150. The minimum absolute atomic E-state index is 0.00284. The number of hydrogen-bond donors (Lipinski definition) is 1.